The highest BCUT2D eigenvalue weighted by Crippen LogP contribution is 2.33. The number of hydrogen-bond donors (Lipinski definition) is 4. The summed E-state index contributed by atoms with van der Waals surface area (Å²) in [7, 11) is 0. The van der Waals surface area contributed by atoms with Crippen molar-refractivity contribution in [2.75, 3.05) is 6.54 Å². The zero-order valence-electron chi connectivity index (χ0n) is 14.5. The van der Waals surface area contributed by atoms with Crippen molar-refractivity contribution in [3.63, 3.8) is 0 Å². The molecule has 2 saturated heterocycles. The fourth-order valence-corrected chi connectivity index (χ4v) is 3.91. The highest BCUT2D eigenvalue weighted by atomic mass is 16.2. The number of hydrogen-bond acceptors (Lipinski definition) is 6. The van der Waals surface area contributed by atoms with Crippen LogP contribution in [0, 0.1) is 5.92 Å². The van der Waals surface area contributed by atoms with Gasteiger partial charge in [0.05, 0.1) is 18.8 Å². The number of rotatable bonds is 5. The number of H-pyrrole nitrogens is 1. The molecular formula is C16H23N6O4+. The van der Waals surface area contributed by atoms with E-state index in [2.05, 4.69) is 15.3 Å². The summed E-state index contributed by atoms with van der Waals surface area (Å²) in [6, 6.07) is -2.79. The molecule has 6 N–H and O–H groups in total. The van der Waals surface area contributed by atoms with Crippen molar-refractivity contribution in [2.24, 2.45) is 17.4 Å². The van der Waals surface area contributed by atoms with Crippen molar-refractivity contribution in [3.8, 4) is 0 Å². The molecule has 1 aromatic heterocycles. The average molecular weight is 363 g/mol. The zero-order valence-corrected chi connectivity index (χ0v) is 14.5. The summed E-state index contributed by atoms with van der Waals surface area (Å²) in [6.45, 7) is 1.77. The van der Waals surface area contributed by atoms with Crippen LogP contribution in [0.15, 0.2) is 12.5 Å². The molecule has 0 bridgehead atoms. The van der Waals surface area contributed by atoms with Crippen LogP contribution in [-0.2, 0) is 25.6 Å². The Bertz CT molecular complexity index is 748. The maximum absolute atomic E-state index is 13.3. The Morgan fingerprint density at radius 3 is 2.69 bits per heavy atom. The summed E-state index contributed by atoms with van der Waals surface area (Å²) in [4.78, 5) is 56.7. The predicted octanol–water partition coefficient (Wildman–Crippen LogP) is -2.07. The van der Waals surface area contributed by atoms with Crippen molar-refractivity contribution in [2.45, 2.75) is 44.3 Å². The van der Waals surface area contributed by atoms with Crippen LogP contribution in [0.1, 0.15) is 25.5 Å². The van der Waals surface area contributed by atoms with Gasteiger partial charge in [0.25, 0.3) is 5.91 Å². The number of primary amides is 1. The van der Waals surface area contributed by atoms with E-state index in [4.69, 9.17) is 11.5 Å². The first kappa shape index (κ1) is 18.2. The summed E-state index contributed by atoms with van der Waals surface area (Å²) < 4.78 is -0.722. The average Bonchev–Trinajstić information content (AvgIpc) is 3.27. The van der Waals surface area contributed by atoms with Crippen LogP contribution in [0.2, 0.25) is 0 Å². The Morgan fingerprint density at radius 2 is 2.15 bits per heavy atom. The first-order valence-corrected chi connectivity index (χ1v) is 8.58. The molecule has 0 radical (unpaired) electrons. The second kappa shape index (κ2) is 6.61. The maximum atomic E-state index is 13.3. The van der Waals surface area contributed by atoms with E-state index in [-0.39, 0.29) is 18.9 Å². The molecule has 3 rings (SSSR count). The highest BCUT2D eigenvalue weighted by Gasteiger charge is 2.62. The summed E-state index contributed by atoms with van der Waals surface area (Å²) in [5.74, 6) is -2.59. The molecule has 140 valence electrons. The van der Waals surface area contributed by atoms with Gasteiger partial charge in [0.1, 0.15) is 6.04 Å². The minimum Gasteiger partial charge on any atom is -0.364 e. The van der Waals surface area contributed by atoms with Gasteiger partial charge >= 0.3 is 11.8 Å². The molecule has 26 heavy (non-hydrogen) atoms. The van der Waals surface area contributed by atoms with E-state index in [0.717, 1.165) is 0 Å². The number of β-lactam (4-membered cyclic amide) rings is 1. The van der Waals surface area contributed by atoms with E-state index in [1.54, 1.807) is 13.1 Å². The summed E-state index contributed by atoms with van der Waals surface area (Å²) in [5, 5.41) is 2.53. The fraction of sp³-hybridized carbons (Fsp3) is 0.562. The second-order valence-electron chi connectivity index (χ2n) is 6.99. The summed E-state index contributed by atoms with van der Waals surface area (Å²) in [5.41, 5.74) is 12.2. The van der Waals surface area contributed by atoms with E-state index in [0.29, 0.717) is 18.5 Å². The van der Waals surface area contributed by atoms with Crippen molar-refractivity contribution >= 4 is 23.6 Å². The first-order chi connectivity index (χ1) is 12.3. The maximum Gasteiger partial charge on any atom is 0.345 e. The molecule has 10 nitrogen and oxygen atoms in total. The van der Waals surface area contributed by atoms with Crippen molar-refractivity contribution in [1.82, 2.24) is 15.3 Å². The standard InChI is InChI=1S/C16H22N6O4/c1-8-12(21-14(8)24)16(26)22(4-2-3-11(22)13(18)23)15(25)10(17)5-9-6-19-7-20-9/h6-8,10-12H,2-5,17H2,1H3,(H3-,18,19,20,21,23,24)/p+1/t8-,10+,11+,12+,22?/m1/s1. The number of imide groups is 1. The molecule has 1 unspecified atom stereocenters. The Morgan fingerprint density at radius 1 is 1.42 bits per heavy atom. The third kappa shape index (κ3) is 2.71. The lowest BCUT2D eigenvalue weighted by Gasteiger charge is -2.41. The van der Waals surface area contributed by atoms with E-state index >= 15 is 0 Å². The number of nitrogens with two attached hydrogens (primary N) is 2. The van der Waals surface area contributed by atoms with Crippen LogP contribution < -0.4 is 16.8 Å². The topological polar surface area (TPSA) is 161 Å². The highest BCUT2D eigenvalue weighted by molar-refractivity contribution is 6.01. The van der Waals surface area contributed by atoms with Gasteiger partial charge in [-0.05, 0) is 0 Å². The van der Waals surface area contributed by atoms with Gasteiger partial charge in [-0.25, -0.2) is 14.6 Å². The van der Waals surface area contributed by atoms with Crippen LogP contribution in [0.3, 0.4) is 0 Å². The molecule has 2 aliphatic heterocycles. The lowest BCUT2D eigenvalue weighted by Crippen LogP contribution is -2.75. The van der Waals surface area contributed by atoms with E-state index in [1.165, 1.54) is 6.33 Å². The normalized spacial score (nSPS) is 31.8. The molecule has 0 aliphatic carbocycles. The number of likely N-dealkylation sites (tertiary alicyclic amines) is 1. The number of nitrogens with one attached hydrogen (secondary N) is 2. The number of nitrogens with zero attached hydrogens (tertiary/aromatic N) is 2. The summed E-state index contributed by atoms with van der Waals surface area (Å²) >= 11 is 0. The van der Waals surface area contributed by atoms with Gasteiger partial charge in [-0.15, -0.1) is 0 Å². The number of imidazole rings is 1. The molecule has 2 aliphatic rings. The van der Waals surface area contributed by atoms with Crippen molar-refractivity contribution in [1.29, 1.82) is 0 Å². The van der Waals surface area contributed by atoms with Gasteiger partial charge < -0.3 is 21.8 Å². The predicted molar refractivity (Wildman–Crippen MR) is 88.7 cm³/mol. The van der Waals surface area contributed by atoms with Gasteiger partial charge in [0.2, 0.25) is 5.91 Å². The largest absolute Gasteiger partial charge is 0.364 e. The fourth-order valence-electron chi connectivity index (χ4n) is 3.91. The Labute approximate surface area is 149 Å². The van der Waals surface area contributed by atoms with Crippen LogP contribution in [-0.4, -0.2) is 62.7 Å². The van der Waals surface area contributed by atoms with Gasteiger partial charge in [-0.2, -0.15) is 4.48 Å². The van der Waals surface area contributed by atoms with Gasteiger partial charge in [-0.3, -0.25) is 9.59 Å². The zero-order chi connectivity index (χ0) is 19.1. The van der Waals surface area contributed by atoms with Gasteiger partial charge in [0, 0.05) is 31.2 Å². The van der Waals surface area contributed by atoms with Crippen molar-refractivity contribution < 1.29 is 23.7 Å². The van der Waals surface area contributed by atoms with Crippen LogP contribution in [0.5, 0.6) is 0 Å². The smallest absolute Gasteiger partial charge is 0.345 e. The van der Waals surface area contributed by atoms with Crippen molar-refractivity contribution in [3.05, 3.63) is 18.2 Å². The molecule has 0 saturated carbocycles. The van der Waals surface area contributed by atoms with Crippen LogP contribution >= 0.6 is 0 Å². The summed E-state index contributed by atoms with van der Waals surface area (Å²) in [6.07, 6.45) is 4.00. The molecule has 10 heteroatoms. The molecule has 0 aromatic carbocycles. The van der Waals surface area contributed by atoms with E-state index in [1.807, 2.05) is 0 Å². The molecule has 3 heterocycles. The Hall–Kier alpha value is -2.59. The number of quaternary nitrogens is 1. The molecular weight excluding hydrogens is 340 g/mol. The van der Waals surface area contributed by atoms with Crippen LogP contribution in [0.25, 0.3) is 0 Å². The molecule has 2 fully saturated rings. The second-order valence-corrected chi connectivity index (χ2v) is 6.99. The Balaban J connectivity index is 1.92. The van der Waals surface area contributed by atoms with E-state index < -0.39 is 46.2 Å². The lowest BCUT2D eigenvalue weighted by atomic mass is 9.89. The lowest BCUT2D eigenvalue weighted by molar-refractivity contribution is -0.784. The molecule has 5 atom stereocenters. The third-order valence-electron chi connectivity index (χ3n) is 5.42. The molecule has 1 aromatic rings. The number of carbonyl (C=O) groups excluding carboxylic acids is 4. The first-order valence-electron chi connectivity index (χ1n) is 8.58. The third-order valence-corrected chi connectivity index (χ3v) is 5.42. The Kier molecular flexibility index (Phi) is 4.63. The molecule has 4 amide bonds. The van der Waals surface area contributed by atoms with E-state index in [9.17, 15) is 19.2 Å². The number of aromatic nitrogens is 2. The quantitative estimate of drug-likeness (QED) is 0.347. The molecule has 0 spiro atoms. The van der Waals surface area contributed by atoms with Crippen LogP contribution in [0.4, 0.5) is 0 Å². The van der Waals surface area contributed by atoms with Gasteiger partial charge in [0.15, 0.2) is 12.1 Å². The minimum absolute atomic E-state index is 0.154. The number of amides is 4. The number of aromatic amines is 1. The number of carbonyl (C=O) groups is 4. The minimum atomic E-state index is -1.01. The monoisotopic (exact) mass is 363 g/mol. The SMILES string of the molecule is C[C@H]1C(=O)N[C@@H]1C(=O)[N+]1(C(=O)[C@@H](N)Cc2cnc[nH]2)CCC[C@H]1C(N)=O. The van der Waals surface area contributed by atoms with Gasteiger partial charge in [-0.1, -0.05) is 6.92 Å².